The number of nitrogens with zero attached hydrogens (tertiary/aromatic N) is 2. The number of esters is 1. The van der Waals surface area contributed by atoms with Crippen LogP contribution in [0.4, 0.5) is 11.6 Å². The van der Waals surface area contributed by atoms with Crippen LogP contribution in [-0.4, -0.2) is 27.5 Å². The Bertz CT molecular complexity index is 782. The summed E-state index contributed by atoms with van der Waals surface area (Å²) in [5.74, 6) is 0.0908. The van der Waals surface area contributed by atoms with Crippen molar-refractivity contribution >= 4 is 28.5 Å². The number of nitrogens with one attached hydrogen (secondary N) is 2. The maximum atomic E-state index is 11.6. The molecule has 0 spiro atoms. The summed E-state index contributed by atoms with van der Waals surface area (Å²) in [5, 5.41) is 4.03. The highest BCUT2D eigenvalue weighted by atomic mass is 16.5. The molecule has 2 N–H and O–H groups in total. The predicted molar refractivity (Wildman–Crippen MR) is 79.6 cm³/mol. The second kappa shape index (κ2) is 5.62. The van der Waals surface area contributed by atoms with E-state index in [2.05, 4.69) is 20.3 Å². The van der Waals surface area contributed by atoms with Gasteiger partial charge in [0.05, 0.1) is 17.8 Å². The first kappa shape index (κ1) is 13.1. The Kier molecular flexibility index (Phi) is 3.51. The van der Waals surface area contributed by atoms with Gasteiger partial charge < -0.3 is 15.0 Å². The molecule has 6 nitrogen and oxygen atoms in total. The minimum absolute atomic E-state index is 0.342. The van der Waals surface area contributed by atoms with Crippen molar-refractivity contribution in [1.82, 2.24) is 15.0 Å². The van der Waals surface area contributed by atoms with E-state index >= 15 is 0 Å². The zero-order valence-corrected chi connectivity index (χ0v) is 11.5. The van der Waals surface area contributed by atoms with Gasteiger partial charge in [-0.3, -0.25) is 0 Å². The molecule has 0 aliphatic carbocycles. The van der Waals surface area contributed by atoms with Crippen LogP contribution in [0.2, 0.25) is 0 Å². The van der Waals surface area contributed by atoms with Crippen molar-refractivity contribution in [3.63, 3.8) is 0 Å². The lowest BCUT2D eigenvalue weighted by Crippen LogP contribution is -2.04. The highest BCUT2D eigenvalue weighted by Crippen LogP contribution is 2.17. The third kappa shape index (κ3) is 2.84. The van der Waals surface area contributed by atoms with Crippen LogP contribution in [0.5, 0.6) is 0 Å². The average molecular weight is 282 g/mol. The molecule has 0 aliphatic heterocycles. The highest BCUT2D eigenvalue weighted by Gasteiger charge is 2.10. The highest BCUT2D eigenvalue weighted by molar-refractivity contribution is 5.89. The zero-order valence-electron chi connectivity index (χ0n) is 11.5. The first-order valence-electron chi connectivity index (χ1n) is 6.60. The fourth-order valence-electron chi connectivity index (χ4n) is 1.95. The van der Waals surface area contributed by atoms with Gasteiger partial charge in [-0.25, -0.2) is 14.8 Å². The molecule has 106 valence electrons. The number of aromatic amines is 1. The summed E-state index contributed by atoms with van der Waals surface area (Å²) < 4.78 is 4.92. The van der Waals surface area contributed by atoms with Crippen LogP contribution in [-0.2, 0) is 4.74 Å². The number of anilines is 2. The van der Waals surface area contributed by atoms with Crippen LogP contribution in [0.3, 0.4) is 0 Å². The van der Waals surface area contributed by atoms with Crippen molar-refractivity contribution < 1.29 is 9.53 Å². The summed E-state index contributed by atoms with van der Waals surface area (Å²) in [6, 6.07) is 9.40. The second-order valence-electron chi connectivity index (χ2n) is 4.40. The number of ether oxygens (including phenoxy) is 1. The Morgan fingerprint density at radius 2 is 2.24 bits per heavy atom. The number of benzene rings is 1. The van der Waals surface area contributed by atoms with E-state index in [1.807, 2.05) is 24.3 Å². The molecule has 0 aliphatic rings. The fraction of sp³-hybridized carbons (Fsp3) is 0.133. The number of fused-ring (bicyclic) bond motifs is 1. The lowest BCUT2D eigenvalue weighted by molar-refractivity contribution is 0.0520. The zero-order chi connectivity index (χ0) is 14.7. The first-order valence-corrected chi connectivity index (χ1v) is 6.60. The van der Waals surface area contributed by atoms with E-state index in [0.29, 0.717) is 23.9 Å². The van der Waals surface area contributed by atoms with Crippen LogP contribution in [0.1, 0.15) is 17.4 Å². The Hall–Kier alpha value is -2.89. The Morgan fingerprint density at radius 1 is 1.38 bits per heavy atom. The quantitative estimate of drug-likeness (QED) is 0.719. The predicted octanol–water partition coefficient (Wildman–Crippen LogP) is 2.88. The Balaban J connectivity index is 1.80. The molecule has 0 amide bonds. The molecule has 0 atom stereocenters. The molecule has 0 saturated heterocycles. The molecule has 0 bridgehead atoms. The summed E-state index contributed by atoms with van der Waals surface area (Å²) in [6.45, 7) is 2.11. The van der Waals surface area contributed by atoms with E-state index < -0.39 is 0 Å². The van der Waals surface area contributed by atoms with E-state index in [4.69, 9.17) is 4.74 Å². The summed E-state index contributed by atoms with van der Waals surface area (Å²) in [5.41, 5.74) is 1.95. The normalized spacial score (nSPS) is 10.5. The SMILES string of the molecule is CCOC(=O)c1cc(Nc2ncc3ccccc3n2)c[nH]1. The van der Waals surface area contributed by atoms with Gasteiger partial charge in [-0.05, 0) is 19.1 Å². The number of hydrogen-bond acceptors (Lipinski definition) is 5. The van der Waals surface area contributed by atoms with Crippen molar-refractivity contribution in [2.24, 2.45) is 0 Å². The summed E-state index contributed by atoms with van der Waals surface area (Å²) >= 11 is 0. The summed E-state index contributed by atoms with van der Waals surface area (Å²) in [7, 11) is 0. The van der Waals surface area contributed by atoms with E-state index in [9.17, 15) is 4.79 Å². The van der Waals surface area contributed by atoms with Crippen molar-refractivity contribution in [1.29, 1.82) is 0 Å². The minimum atomic E-state index is -0.384. The van der Waals surface area contributed by atoms with Gasteiger partial charge >= 0.3 is 5.97 Å². The largest absolute Gasteiger partial charge is 0.461 e. The summed E-state index contributed by atoms with van der Waals surface area (Å²) in [6.07, 6.45) is 3.42. The van der Waals surface area contributed by atoms with Gasteiger partial charge in [0.15, 0.2) is 0 Å². The second-order valence-corrected chi connectivity index (χ2v) is 4.40. The number of aromatic nitrogens is 3. The summed E-state index contributed by atoms with van der Waals surface area (Å²) in [4.78, 5) is 23.1. The number of carbonyl (C=O) groups excluding carboxylic acids is 1. The molecule has 1 aromatic carbocycles. The van der Waals surface area contributed by atoms with Crippen molar-refractivity contribution in [3.05, 3.63) is 48.4 Å². The molecule has 3 rings (SSSR count). The molecule has 6 heteroatoms. The van der Waals surface area contributed by atoms with E-state index in [1.54, 1.807) is 25.4 Å². The molecule has 0 radical (unpaired) electrons. The van der Waals surface area contributed by atoms with Crippen molar-refractivity contribution in [3.8, 4) is 0 Å². The minimum Gasteiger partial charge on any atom is -0.461 e. The van der Waals surface area contributed by atoms with Gasteiger partial charge in [0.2, 0.25) is 5.95 Å². The maximum Gasteiger partial charge on any atom is 0.354 e. The Morgan fingerprint density at radius 3 is 3.10 bits per heavy atom. The lowest BCUT2D eigenvalue weighted by Gasteiger charge is -2.03. The molecular formula is C15H14N4O2. The van der Waals surface area contributed by atoms with Gasteiger partial charge in [0.1, 0.15) is 5.69 Å². The standard InChI is InChI=1S/C15H14N4O2/c1-2-21-14(20)13-7-11(9-16-13)18-15-17-8-10-5-3-4-6-12(10)19-15/h3-9,16H,2H2,1H3,(H,17,18,19). The van der Waals surface area contributed by atoms with Crippen LogP contribution in [0.25, 0.3) is 10.9 Å². The van der Waals surface area contributed by atoms with Crippen LogP contribution < -0.4 is 5.32 Å². The molecular weight excluding hydrogens is 268 g/mol. The van der Waals surface area contributed by atoms with Crippen LogP contribution in [0.15, 0.2) is 42.7 Å². The van der Waals surface area contributed by atoms with Gasteiger partial charge in [0, 0.05) is 17.8 Å². The number of H-pyrrole nitrogens is 1. The van der Waals surface area contributed by atoms with E-state index in [0.717, 1.165) is 10.9 Å². The molecule has 0 saturated carbocycles. The molecule has 0 fully saturated rings. The first-order chi connectivity index (χ1) is 10.3. The topological polar surface area (TPSA) is 79.9 Å². The Labute approximate surface area is 121 Å². The third-order valence-electron chi connectivity index (χ3n) is 2.92. The van der Waals surface area contributed by atoms with Crippen LogP contribution >= 0.6 is 0 Å². The lowest BCUT2D eigenvalue weighted by atomic mass is 10.2. The van der Waals surface area contributed by atoms with Crippen molar-refractivity contribution in [2.75, 3.05) is 11.9 Å². The third-order valence-corrected chi connectivity index (χ3v) is 2.92. The van der Waals surface area contributed by atoms with Gasteiger partial charge in [-0.1, -0.05) is 18.2 Å². The van der Waals surface area contributed by atoms with E-state index in [1.165, 1.54) is 0 Å². The molecule has 21 heavy (non-hydrogen) atoms. The molecule has 2 aromatic heterocycles. The smallest absolute Gasteiger partial charge is 0.354 e. The number of hydrogen-bond donors (Lipinski definition) is 2. The number of para-hydroxylation sites is 1. The van der Waals surface area contributed by atoms with E-state index in [-0.39, 0.29) is 5.97 Å². The van der Waals surface area contributed by atoms with Gasteiger partial charge in [0.25, 0.3) is 0 Å². The van der Waals surface area contributed by atoms with Crippen molar-refractivity contribution in [2.45, 2.75) is 6.92 Å². The maximum absolute atomic E-state index is 11.6. The van der Waals surface area contributed by atoms with Crippen LogP contribution in [0, 0.1) is 0 Å². The fourth-order valence-corrected chi connectivity index (χ4v) is 1.95. The number of carbonyl (C=O) groups is 1. The molecule has 2 heterocycles. The van der Waals surface area contributed by atoms with Gasteiger partial charge in [-0.2, -0.15) is 0 Å². The average Bonchev–Trinajstić information content (AvgIpc) is 2.96. The molecule has 0 unspecified atom stereocenters. The number of rotatable bonds is 4. The monoisotopic (exact) mass is 282 g/mol. The molecule has 3 aromatic rings. The van der Waals surface area contributed by atoms with Gasteiger partial charge in [-0.15, -0.1) is 0 Å².